The summed E-state index contributed by atoms with van der Waals surface area (Å²) in [7, 11) is -2.91. The van der Waals surface area contributed by atoms with Crippen molar-refractivity contribution in [2.24, 2.45) is 5.92 Å². The molecule has 0 aromatic carbocycles. The number of rotatable bonds is 5. The number of thioether (sulfide) groups is 1. The van der Waals surface area contributed by atoms with Gasteiger partial charge in [-0.1, -0.05) is 12.2 Å². The third kappa shape index (κ3) is 4.24. The van der Waals surface area contributed by atoms with Gasteiger partial charge in [0.15, 0.2) is 9.84 Å². The van der Waals surface area contributed by atoms with Crippen LogP contribution in [0, 0.1) is 5.92 Å². The van der Waals surface area contributed by atoms with Crippen molar-refractivity contribution >= 4 is 33.5 Å². The minimum atomic E-state index is -2.91. The first-order valence-electron chi connectivity index (χ1n) is 6.38. The van der Waals surface area contributed by atoms with E-state index in [0.29, 0.717) is 12.8 Å². The molecule has 0 aromatic rings. The van der Waals surface area contributed by atoms with Crippen LogP contribution in [0.2, 0.25) is 0 Å². The van der Waals surface area contributed by atoms with Crippen LogP contribution in [0.25, 0.3) is 0 Å². The monoisotopic (exact) mass is 319 g/mol. The SMILES string of the molecule is O=C(CSC1CCS(=O)(=O)C1)NC1C=CC(C(=O)O)C1. The van der Waals surface area contributed by atoms with E-state index in [1.807, 2.05) is 0 Å². The number of carbonyl (C=O) groups excluding carboxylic acids is 1. The van der Waals surface area contributed by atoms with E-state index in [1.54, 1.807) is 12.2 Å². The maximum Gasteiger partial charge on any atom is 0.310 e. The summed E-state index contributed by atoms with van der Waals surface area (Å²) in [4.78, 5) is 22.5. The highest BCUT2D eigenvalue weighted by atomic mass is 32.2. The molecule has 0 bridgehead atoms. The Kier molecular flexibility index (Phi) is 4.74. The van der Waals surface area contributed by atoms with E-state index >= 15 is 0 Å². The number of nitrogens with one attached hydrogen (secondary N) is 1. The zero-order chi connectivity index (χ0) is 14.8. The summed E-state index contributed by atoms with van der Waals surface area (Å²) in [6.45, 7) is 0. The van der Waals surface area contributed by atoms with Gasteiger partial charge in [-0.15, -0.1) is 11.8 Å². The average molecular weight is 319 g/mol. The fourth-order valence-corrected chi connectivity index (χ4v) is 5.78. The Bertz CT molecular complexity index is 528. The molecule has 1 amide bonds. The Morgan fingerprint density at radius 3 is 2.65 bits per heavy atom. The van der Waals surface area contributed by atoms with E-state index < -0.39 is 21.7 Å². The maximum atomic E-state index is 11.7. The number of sulfone groups is 1. The van der Waals surface area contributed by atoms with Gasteiger partial charge in [0.25, 0.3) is 0 Å². The third-order valence-corrected chi connectivity index (χ3v) is 6.67. The molecular weight excluding hydrogens is 302 g/mol. The molecule has 3 atom stereocenters. The predicted molar refractivity (Wildman–Crippen MR) is 76.3 cm³/mol. The zero-order valence-corrected chi connectivity index (χ0v) is 12.5. The van der Waals surface area contributed by atoms with Gasteiger partial charge in [0.2, 0.25) is 5.91 Å². The van der Waals surface area contributed by atoms with Crippen molar-refractivity contribution in [2.45, 2.75) is 24.1 Å². The minimum absolute atomic E-state index is 0.00311. The number of carboxylic acids is 1. The van der Waals surface area contributed by atoms with Crippen LogP contribution in [0.4, 0.5) is 0 Å². The largest absolute Gasteiger partial charge is 0.481 e. The first-order chi connectivity index (χ1) is 9.35. The molecule has 2 rings (SSSR count). The zero-order valence-electron chi connectivity index (χ0n) is 10.8. The first-order valence-corrected chi connectivity index (χ1v) is 9.25. The van der Waals surface area contributed by atoms with E-state index in [-0.39, 0.29) is 34.5 Å². The molecule has 1 aliphatic carbocycles. The van der Waals surface area contributed by atoms with Crippen LogP contribution in [0.15, 0.2) is 12.2 Å². The Balaban J connectivity index is 1.69. The van der Waals surface area contributed by atoms with Gasteiger partial charge in [-0.3, -0.25) is 9.59 Å². The van der Waals surface area contributed by atoms with Crippen molar-refractivity contribution in [1.29, 1.82) is 0 Å². The van der Waals surface area contributed by atoms with Crippen molar-refractivity contribution < 1.29 is 23.1 Å². The average Bonchev–Trinajstić information content (AvgIpc) is 2.93. The summed E-state index contributed by atoms with van der Waals surface area (Å²) < 4.78 is 22.6. The van der Waals surface area contributed by atoms with Gasteiger partial charge in [0.1, 0.15) is 0 Å². The molecule has 2 aliphatic rings. The van der Waals surface area contributed by atoms with E-state index in [4.69, 9.17) is 5.11 Å². The van der Waals surface area contributed by atoms with Gasteiger partial charge in [0.05, 0.1) is 23.2 Å². The molecule has 2 N–H and O–H groups in total. The highest BCUT2D eigenvalue weighted by Crippen LogP contribution is 2.24. The van der Waals surface area contributed by atoms with Gasteiger partial charge in [-0.05, 0) is 12.8 Å². The summed E-state index contributed by atoms with van der Waals surface area (Å²) in [5.74, 6) is -1.04. The second-order valence-electron chi connectivity index (χ2n) is 5.08. The summed E-state index contributed by atoms with van der Waals surface area (Å²) in [6.07, 6.45) is 4.26. The van der Waals surface area contributed by atoms with Crippen LogP contribution in [0.5, 0.6) is 0 Å². The molecule has 1 heterocycles. The maximum absolute atomic E-state index is 11.7. The lowest BCUT2D eigenvalue weighted by atomic mass is 10.1. The fourth-order valence-electron chi connectivity index (χ4n) is 2.32. The van der Waals surface area contributed by atoms with E-state index in [9.17, 15) is 18.0 Å². The van der Waals surface area contributed by atoms with Crippen LogP contribution in [0.3, 0.4) is 0 Å². The third-order valence-electron chi connectivity index (χ3n) is 3.39. The number of amides is 1. The summed E-state index contributed by atoms with van der Waals surface area (Å²) in [5.41, 5.74) is 0. The predicted octanol–water partition coefficient (Wildman–Crippen LogP) is 0.0522. The molecule has 0 radical (unpaired) electrons. The smallest absolute Gasteiger partial charge is 0.310 e. The lowest BCUT2D eigenvalue weighted by molar-refractivity contribution is -0.140. The van der Waals surface area contributed by atoms with Crippen molar-refractivity contribution in [3.8, 4) is 0 Å². The Labute approximate surface area is 121 Å². The second-order valence-corrected chi connectivity index (χ2v) is 8.59. The molecule has 0 spiro atoms. The quantitative estimate of drug-likeness (QED) is 0.695. The number of hydrogen-bond acceptors (Lipinski definition) is 5. The van der Waals surface area contributed by atoms with Gasteiger partial charge in [-0.2, -0.15) is 0 Å². The van der Waals surface area contributed by atoms with Gasteiger partial charge in [0, 0.05) is 11.3 Å². The van der Waals surface area contributed by atoms with Crippen LogP contribution in [-0.4, -0.2) is 54.0 Å². The normalized spacial score (nSPS) is 31.3. The number of hydrogen-bond donors (Lipinski definition) is 2. The Morgan fingerprint density at radius 1 is 1.35 bits per heavy atom. The van der Waals surface area contributed by atoms with Crippen LogP contribution in [-0.2, 0) is 19.4 Å². The molecule has 6 nitrogen and oxygen atoms in total. The second kappa shape index (κ2) is 6.17. The molecule has 112 valence electrons. The minimum Gasteiger partial charge on any atom is -0.481 e. The standard InChI is InChI=1S/C12H17NO5S2/c14-11(6-19-10-3-4-20(17,18)7-10)13-9-2-1-8(5-9)12(15)16/h1-2,8-10H,3-7H2,(H,13,14)(H,15,16). The molecule has 1 aliphatic heterocycles. The van der Waals surface area contributed by atoms with Crippen LogP contribution >= 0.6 is 11.8 Å². The van der Waals surface area contributed by atoms with Gasteiger partial charge >= 0.3 is 5.97 Å². The summed E-state index contributed by atoms with van der Waals surface area (Å²) >= 11 is 1.35. The van der Waals surface area contributed by atoms with Crippen molar-refractivity contribution in [3.05, 3.63) is 12.2 Å². The Hall–Kier alpha value is -1.02. The Morgan fingerprint density at radius 2 is 2.10 bits per heavy atom. The van der Waals surface area contributed by atoms with Crippen molar-refractivity contribution in [3.63, 3.8) is 0 Å². The molecule has 8 heteroatoms. The number of carbonyl (C=O) groups is 2. The van der Waals surface area contributed by atoms with E-state index in [2.05, 4.69) is 5.32 Å². The van der Waals surface area contributed by atoms with Gasteiger partial charge < -0.3 is 10.4 Å². The number of carboxylic acid groups (broad SMARTS) is 1. The highest BCUT2D eigenvalue weighted by Gasteiger charge is 2.29. The topological polar surface area (TPSA) is 101 Å². The van der Waals surface area contributed by atoms with E-state index in [0.717, 1.165) is 0 Å². The lowest BCUT2D eigenvalue weighted by Crippen LogP contribution is -2.35. The highest BCUT2D eigenvalue weighted by molar-refractivity contribution is 8.02. The van der Waals surface area contributed by atoms with Gasteiger partial charge in [-0.25, -0.2) is 8.42 Å². The molecule has 1 fully saturated rings. The number of aliphatic carboxylic acids is 1. The molecular formula is C12H17NO5S2. The van der Waals surface area contributed by atoms with Crippen molar-refractivity contribution in [1.82, 2.24) is 5.32 Å². The molecule has 0 saturated carbocycles. The van der Waals surface area contributed by atoms with Crippen LogP contribution < -0.4 is 5.32 Å². The molecule has 1 saturated heterocycles. The fraction of sp³-hybridized carbons (Fsp3) is 0.667. The van der Waals surface area contributed by atoms with E-state index in [1.165, 1.54) is 11.8 Å². The summed E-state index contributed by atoms with van der Waals surface area (Å²) in [5, 5.41) is 11.6. The molecule has 3 unspecified atom stereocenters. The molecule has 0 aromatic heterocycles. The summed E-state index contributed by atoms with van der Waals surface area (Å²) in [6, 6.07) is -0.239. The molecule has 20 heavy (non-hydrogen) atoms. The van der Waals surface area contributed by atoms with Crippen molar-refractivity contribution in [2.75, 3.05) is 17.3 Å². The first kappa shape index (κ1) is 15.4. The lowest BCUT2D eigenvalue weighted by Gasteiger charge is -2.13. The van der Waals surface area contributed by atoms with Crippen LogP contribution in [0.1, 0.15) is 12.8 Å².